The van der Waals surface area contributed by atoms with E-state index in [-0.39, 0.29) is 0 Å². The summed E-state index contributed by atoms with van der Waals surface area (Å²) in [5, 5.41) is 0. The summed E-state index contributed by atoms with van der Waals surface area (Å²) in [7, 11) is 2.93. The maximum Gasteiger partial charge on any atom is 0.500 e. The van der Waals surface area contributed by atoms with Gasteiger partial charge in [-0.1, -0.05) is 47.3 Å². The van der Waals surface area contributed by atoms with Gasteiger partial charge < -0.3 is 26.6 Å². The second-order valence-corrected chi connectivity index (χ2v) is 19.8. The first kappa shape index (κ1) is 37.6. The smallest absolute Gasteiger partial charge is 0.374 e. The average molecular weight is 623 g/mol. The summed E-state index contributed by atoms with van der Waals surface area (Å²) in [6.45, 7) is 16.1. The van der Waals surface area contributed by atoms with E-state index in [0.29, 0.717) is 39.6 Å². The fourth-order valence-corrected chi connectivity index (χ4v) is 15.5. The van der Waals surface area contributed by atoms with Crippen molar-refractivity contribution in [2.24, 2.45) is 0 Å². The van der Waals surface area contributed by atoms with Crippen LogP contribution < -0.4 is 0 Å². The number of unbranched alkanes of at least 4 members (excludes halogenated alkanes) is 6. The van der Waals surface area contributed by atoms with Crippen molar-refractivity contribution in [3.05, 3.63) is 0 Å². The van der Waals surface area contributed by atoms with Crippen LogP contribution in [-0.4, -0.2) is 68.8 Å². The van der Waals surface area contributed by atoms with E-state index < -0.39 is 17.6 Å². The van der Waals surface area contributed by atoms with Crippen molar-refractivity contribution in [3.8, 4) is 0 Å². The lowest BCUT2D eigenvalue weighted by Gasteiger charge is -2.28. The molecule has 0 aliphatic heterocycles. The summed E-state index contributed by atoms with van der Waals surface area (Å²) < 4.78 is 35.6. The Morgan fingerprint density at radius 3 is 0.944 bits per heavy atom. The third kappa shape index (κ3) is 19.6. The molecule has 36 heavy (non-hydrogen) atoms. The van der Waals surface area contributed by atoms with E-state index in [9.17, 15) is 0 Å². The predicted molar refractivity (Wildman–Crippen MR) is 168 cm³/mol. The Balaban J connectivity index is 3.66. The van der Waals surface area contributed by atoms with Crippen LogP contribution in [0.15, 0.2) is 0 Å². The van der Waals surface area contributed by atoms with Gasteiger partial charge in [0.1, 0.15) is 0 Å². The third-order valence-corrected chi connectivity index (χ3v) is 18.2. The van der Waals surface area contributed by atoms with Gasteiger partial charge in [-0.15, -0.1) is 0 Å². The lowest BCUT2D eigenvalue weighted by Crippen LogP contribution is -2.45. The van der Waals surface area contributed by atoms with Crippen LogP contribution in [0.25, 0.3) is 0 Å². The standard InChI is InChI=1S/C24H54O6S4Si2/c1-7-25-35(26-8-2,27-9-3)23-19-15-13-17-21-31-33-34-32-22-18-14-16-20-24-36(28-10-4,29-11-5)30-12-6/h7-24H2,1-6H3. The zero-order valence-electron chi connectivity index (χ0n) is 23.8. The minimum absolute atomic E-state index is 0.662. The van der Waals surface area contributed by atoms with E-state index in [1.165, 1.54) is 50.0 Å². The van der Waals surface area contributed by atoms with E-state index in [1.807, 2.05) is 82.8 Å². The van der Waals surface area contributed by atoms with Crippen LogP contribution >= 0.6 is 41.2 Å². The highest BCUT2D eigenvalue weighted by Gasteiger charge is 2.40. The van der Waals surface area contributed by atoms with Gasteiger partial charge in [-0.25, -0.2) is 0 Å². The second-order valence-electron chi connectivity index (χ2n) is 8.07. The van der Waals surface area contributed by atoms with Crippen molar-refractivity contribution in [1.82, 2.24) is 0 Å². The van der Waals surface area contributed by atoms with Crippen LogP contribution in [0.3, 0.4) is 0 Å². The van der Waals surface area contributed by atoms with Crippen molar-refractivity contribution in [2.45, 2.75) is 105 Å². The summed E-state index contributed by atoms with van der Waals surface area (Å²) in [5.41, 5.74) is 0. The van der Waals surface area contributed by atoms with Crippen LogP contribution in [0, 0.1) is 0 Å². The van der Waals surface area contributed by atoms with Gasteiger partial charge in [0.2, 0.25) is 0 Å². The molecule has 218 valence electrons. The largest absolute Gasteiger partial charge is 0.500 e. The molecule has 0 aromatic heterocycles. The fraction of sp³-hybridized carbons (Fsp3) is 1.00. The van der Waals surface area contributed by atoms with Crippen molar-refractivity contribution < 1.29 is 26.6 Å². The van der Waals surface area contributed by atoms with Crippen LogP contribution in [0.5, 0.6) is 0 Å². The van der Waals surface area contributed by atoms with Crippen molar-refractivity contribution >= 4 is 58.8 Å². The molecule has 0 rings (SSSR count). The number of rotatable bonds is 29. The highest BCUT2D eigenvalue weighted by molar-refractivity contribution is 9.26. The van der Waals surface area contributed by atoms with Crippen LogP contribution in [0.2, 0.25) is 12.1 Å². The maximum atomic E-state index is 5.94. The Morgan fingerprint density at radius 1 is 0.389 bits per heavy atom. The average Bonchev–Trinajstić information content (AvgIpc) is 2.85. The summed E-state index contributed by atoms with van der Waals surface area (Å²) in [6, 6.07) is 1.87. The first-order valence-electron chi connectivity index (χ1n) is 14.0. The molecule has 0 radical (unpaired) electrons. The molecule has 0 saturated carbocycles. The van der Waals surface area contributed by atoms with Gasteiger partial charge in [0.25, 0.3) is 0 Å². The third-order valence-electron chi connectivity index (χ3n) is 5.23. The van der Waals surface area contributed by atoms with Gasteiger partial charge in [-0.2, -0.15) is 0 Å². The first-order chi connectivity index (χ1) is 17.6. The van der Waals surface area contributed by atoms with Gasteiger partial charge in [0, 0.05) is 63.2 Å². The molecular formula is C24H54O6S4Si2. The van der Waals surface area contributed by atoms with Crippen LogP contribution in [0.4, 0.5) is 0 Å². The molecule has 0 fully saturated rings. The normalized spacial score (nSPS) is 12.5. The molecule has 0 aromatic carbocycles. The quantitative estimate of drug-likeness (QED) is 0.0459. The van der Waals surface area contributed by atoms with Gasteiger partial charge in [-0.3, -0.25) is 0 Å². The molecule has 0 bridgehead atoms. The topological polar surface area (TPSA) is 55.4 Å². The molecular weight excluding hydrogens is 569 g/mol. The van der Waals surface area contributed by atoms with Crippen molar-refractivity contribution in [1.29, 1.82) is 0 Å². The zero-order chi connectivity index (χ0) is 26.8. The highest BCUT2D eigenvalue weighted by atomic mass is 33.7. The van der Waals surface area contributed by atoms with Crippen molar-refractivity contribution in [3.63, 3.8) is 0 Å². The molecule has 0 N–H and O–H groups in total. The molecule has 0 spiro atoms. The van der Waals surface area contributed by atoms with E-state index in [4.69, 9.17) is 26.6 Å². The molecule has 0 aliphatic rings. The zero-order valence-corrected chi connectivity index (χ0v) is 29.1. The Morgan fingerprint density at radius 2 is 0.667 bits per heavy atom. The molecule has 0 aliphatic carbocycles. The summed E-state index contributed by atoms with van der Waals surface area (Å²) in [5.74, 6) is 2.43. The molecule has 12 heteroatoms. The van der Waals surface area contributed by atoms with Crippen LogP contribution in [-0.2, 0) is 26.6 Å². The molecule has 0 aromatic rings. The molecule has 0 atom stereocenters. The maximum absolute atomic E-state index is 5.94. The van der Waals surface area contributed by atoms with Gasteiger partial charge in [-0.05, 0) is 86.9 Å². The Labute approximate surface area is 240 Å². The van der Waals surface area contributed by atoms with E-state index in [0.717, 1.165) is 24.9 Å². The van der Waals surface area contributed by atoms with Gasteiger partial charge >= 0.3 is 17.6 Å². The lowest BCUT2D eigenvalue weighted by atomic mass is 10.2. The Bertz CT molecular complexity index is 398. The van der Waals surface area contributed by atoms with Gasteiger partial charge in [0.15, 0.2) is 0 Å². The summed E-state index contributed by atoms with van der Waals surface area (Å²) >= 11 is 0. The SMILES string of the molecule is CCO[Si](CCCCCCSSSSCCCCCC[Si](OCC)(OCC)OCC)(OCC)OCC. The Hall–Kier alpha value is 1.59. The lowest BCUT2D eigenvalue weighted by molar-refractivity contribution is 0.0698. The highest BCUT2D eigenvalue weighted by Crippen LogP contribution is 2.43. The molecule has 6 nitrogen and oxygen atoms in total. The van der Waals surface area contributed by atoms with E-state index in [1.54, 1.807) is 0 Å². The van der Waals surface area contributed by atoms with E-state index >= 15 is 0 Å². The Kier molecular flexibility index (Phi) is 28.0. The summed E-state index contributed by atoms with van der Waals surface area (Å²) in [6.07, 6.45) is 9.76. The van der Waals surface area contributed by atoms with E-state index in [2.05, 4.69) is 0 Å². The molecule has 0 heterocycles. The van der Waals surface area contributed by atoms with Crippen LogP contribution in [0.1, 0.15) is 92.9 Å². The summed E-state index contributed by atoms with van der Waals surface area (Å²) in [4.78, 5) is 0. The minimum Gasteiger partial charge on any atom is -0.374 e. The predicted octanol–water partition coefficient (Wildman–Crippen LogP) is 8.88. The first-order valence-corrected chi connectivity index (χ1v) is 23.0. The fourth-order valence-electron chi connectivity index (χ4n) is 3.82. The molecule has 0 amide bonds. The molecule has 0 unspecified atom stereocenters. The van der Waals surface area contributed by atoms with Gasteiger partial charge in [0.05, 0.1) is 0 Å². The minimum atomic E-state index is -2.45. The second kappa shape index (κ2) is 26.8. The number of hydrogen-bond donors (Lipinski definition) is 0. The molecule has 0 saturated heterocycles. The monoisotopic (exact) mass is 622 g/mol. The number of hydrogen-bond acceptors (Lipinski definition) is 10. The van der Waals surface area contributed by atoms with Crippen molar-refractivity contribution in [2.75, 3.05) is 51.1 Å².